The maximum absolute atomic E-state index is 6.13. The van der Waals surface area contributed by atoms with Gasteiger partial charge in [0.15, 0.2) is 0 Å². The van der Waals surface area contributed by atoms with Crippen molar-refractivity contribution >= 4 is 27.9 Å². The normalized spacial score (nSPS) is 12.3. The quantitative estimate of drug-likeness (QED) is 0.789. The van der Waals surface area contributed by atoms with E-state index in [1.54, 1.807) is 0 Å². The van der Waals surface area contributed by atoms with E-state index in [0.717, 1.165) is 34.9 Å². The topological polar surface area (TPSA) is 56.7 Å². The molecule has 4 nitrogen and oxygen atoms in total. The van der Waals surface area contributed by atoms with Crippen molar-refractivity contribution in [3.63, 3.8) is 0 Å². The zero-order valence-electron chi connectivity index (χ0n) is 12.2. The number of pyridine rings is 1. The number of hydrogen-bond donors (Lipinski definition) is 1. The van der Waals surface area contributed by atoms with Crippen molar-refractivity contribution < 1.29 is 0 Å². The first-order chi connectivity index (χ1) is 9.52. The van der Waals surface area contributed by atoms with Crippen LogP contribution in [0.1, 0.15) is 27.2 Å². The molecule has 1 aromatic carbocycles. The highest BCUT2D eigenvalue weighted by Crippen LogP contribution is 2.30. The van der Waals surface area contributed by atoms with E-state index in [-0.39, 0.29) is 5.41 Å². The minimum Gasteiger partial charge on any atom is -0.369 e. The third kappa shape index (κ3) is 2.01. The molecule has 0 amide bonds. The predicted molar refractivity (Wildman–Crippen MR) is 83.5 cm³/mol. The Labute approximate surface area is 118 Å². The van der Waals surface area contributed by atoms with Crippen molar-refractivity contribution in [2.24, 2.45) is 5.41 Å². The molecule has 2 aromatic heterocycles. The van der Waals surface area contributed by atoms with E-state index in [0.29, 0.717) is 5.95 Å². The van der Waals surface area contributed by atoms with E-state index in [9.17, 15) is 0 Å². The lowest BCUT2D eigenvalue weighted by Gasteiger charge is -2.24. The molecule has 3 rings (SSSR count). The summed E-state index contributed by atoms with van der Waals surface area (Å²) in [6.45, 7) is 7.57. The molecule has 20 heavy (non-hydrogen) atoms. The standard InChI is InChI=1S/C16H20N4/c1-4-16(2,3)10-20-14-11-7-5-6-8-12(11)18-9-13(14)19-15(20)17/h5-9H,4,10H2,1-3H3,(H2,17,19). The van der Waals surface area contributed by atoms with Crippen molar-refractivity contribution in [3.8, 4) is 0 Å². The summed E-state index contributed by atoms with van der Waals surface area (Å²) in [5.41, 5.74) is 9.26. The first-order valence-corrected chi connectivity index (χ1v) is 7.01. The second-order valence-corrected chi connectivity index (χ2v) is 6.08. The molecule has 2 N–H and O–H groups in total. The molecule has 0 aliphatic carbocycles. The average molecular weight is 268 g/mol. The molecule has 0 unspecified atom stereocenters. The second-order valence-electron chi connectivity index (χ2n) is 6.08. The van der Waals surface area contributed by atoms with Crippen LogP contribution in [0.5, 0.6) is 0 Å². The van der Waals surface area contributed by atoms with Crippen molar-refractivity contribution in [2.75, 3.05) is 5.73 Å². The van der Waals surface area contributed by atoms with E-state index < -0.39 is 0 Å². The van der Waals surface area contributed by atoms with Crippen molar-refractivity contribution in [1.82, 2.24) is 14.5 Å². The lowest BCUT2D eigenvalue weighted by molar-refractivity contribution is 0.300. The largest absolute Gasteiger partial charge is 0.369 e. The van der Waals surface area contributed by atoms with Gasteiger partial charge in [-0.05, 0) is 17.9 Å². The van der Waals surface area contributed by atoms with Gasteiger partial charge in [0.05, 0.1) is 17.2 Å². The van der Waals surface area contributed by atoms with E-state index in [2.05, 4.69) is 41.4 Å². The zero-order valence-corrected chi connectivity index (χ0v) is 12.2. The number of imidazole rings is 1. The van der Waals surface area contributed by atoms with Gasteiger partial charge >= 0.3 is 0 Å². The summed E-state index contributed by atoms with van der Waals surface area (Å²) >= 11 is 0. The number of nitrogen functional groups attached to an aromatic ring is 1. The molecule has 2 heterocycles. The molecule has 0 atom stereocenters. The molecule has 0 aliphatic heterocycles. The van der Waals surface area contributed by atoms with Gasteiger partial charge < -0.3 is 10.3 Å². The van der Waals surface area contributed by atoms with Gasteiger partial charge in [-0.15, -0.1) is 0 Å². The van der Waals surface area contributed by atoms with Crippen LogP contribution in [0.3, 0.4) is 0 Å². The highest BCUT2D eigenvalue weighted by atomic mass is 15.2. The van der Waals surface area contributed by atoms with E-state index in [1.165, 1.54) is 0 Å². The number of fused-ring (bicyclic) bond motifs is 3. The summed E-state index contributed by atoms with van der Waals surface area (Å²) < 4.78 is 2.13. The van der Waals surface area contributed by atoms with Crippen molar-refractivity contribution in [2.45, 2.75) is 33.7 Å². The van der Waals surface area contributed by atoms with Crippen LogP contribution in [0.4, 0.5) is 5.95 Å². The molecule has 3 aromatic rings. The Morgan fingerprint density at radius 3 is 2.70 bits per heavy atom. The lowest BCUT2D eigenvalue weighted by Crippen LogP contribution is -2.19. The summed E-state index contributed by atoms with van der Waals surface area (Å²) in [4.78, 5) is 8.91. The monoisotopic (exact) mass is 268 g/mol. The number of anilines is 1. The zero-order chi connectivity index (χ0) is 14.3. The first-order valence-electron chi connectivity index (χ1n) is 7.01. The van der Waals surface area contributed by atoms with Gasteiger partial charge in [-0.1, -0.05) is 39.0 Å². The van der Waals surface area contributed by atoms with Crippen LogP contribution in [0.25, 0.3) is 21.9 Å². The molecule has 0 radical (unpaired) electrons. The number of nitrogens with two attached hydrogens (primary N) is 1. The average Bonchev–Trinajstić information content (AvgIpc) is 2.75. The second kappa shape index (κ2) is 4.47. The molecular weight excluding hydrogens is 248 g/mol. The summed E-state index contributed by atoms with van der Waals surface area (Å²) in [6.07, 6.45) is 2.90. The maximum atomic E-state index is 6.13. The van der Waals surface area contributed by atoms with Crippen LogP contribution in [0.15, 0.2) is 30.5 Å². The number of benzene rings is 1. The minimum atomic E-state index is 0.187. The lowest BCUT2D eigenvalue weighted by atomic mass is 9.90. The Kier molecular flexibility index (Phi) is 2.89. The third-order valence-electron chi connectivity index (χ3n) is 4.05. The van der Waals surface area contributed by atoms with E-state index in [1.807, 2.05) is 24.4 Å². The molecule has 0 aliphatic rings. The Hall–Kier alpha value is -2.10. The Morgan fingerprint density at radius 2 is 1.95 bits per heavy atom. The Bertz CT molecular complexity index is 771. The van der Waals surface area contributed by atoms with Gasteiger partial charge in [0.2, 0.25) is 5.95 Å². The Morgan fingerprint density at radius 1 is 1.20 bits per heavy atom. The fourth-order valence-corrected chi connectivity index (χ4v) is 2.48. The molecule has 0 saturated heterocycles. The summed E-state index contributed by atoms with van der Waals surface area (Å²) in [5, 5.41) is 1.11. The van der Waals surface area contributed by atoms with Crippen LogP contribution in [0, 0.1) is 5.41 Å². The van der Waals surface area contributed by atoms with Crippen LogP contribution < -0.4 is 5.73 Å². The maximum Gasteiger partial charge on any atom is 0.201 e. The van der Waals surface area contributed by atoms with Gasteiger partial charge in [-0.3, -0.25) is 4.98 Å². The van der Waals surface area contributed by atoms with Gasteiger partial charge in [0, 0.05) is 11.9 Å². The van der Waals surface area contributed by atoms with Crippen LogP contribution in [-0.4, -0.2) is 14.5 Å². The molecule has 0 bridgehead atoms. The molecule has 4 heteroatoms. The molecule has 0 fully saturated rings. The fourth-order valence-electron chi connectivity index (χ4n) is 2.48. The smallest absolute Gasteiger partial charge is 0.201 e. The number of rotatable bonds is 3. The number of hydrogen-bond acceptors (Lipinski definition) is 3. The molecular formula is C16H20N4. The van der Waals surface area contributed by atoms with Crippen LogP contribution >= 0.6 is 0 Å². The minimum absolute atomic E-state index is 0.187. The van der Waals surface area contributed by atoms with Gasteiger partial charge in [0.1, 0.15) is 5.52 Å². The fraction of sp³-hybridized carbons (Fsp3) is 0.375. The molecule has 0 saturated carbocycles. The summed E-state index contributed by atoms with van der Waals surface area (Å²) in [6, 6.07) is 8.14. The van der Waals surface area contributed by atoms with Crippen molar-refractivity contribution in [1.29, 1.82) is 0 Å². The van der Waals surface area contributed by atoms with Crippen LogP contribution in [0.2, 0.25) is 0 Å². The SMILES string of the molecule is CCC(C)(C)Cn1c(N)nc2cnc3ccccc3c21. The first kappa shape index (κ1) is 12.9. The highest BCUT2D eigenvalue weighted by Gasteiger charge is 2.20. The van der Waals surface area contributed by atoms with E-state index >= 15 is 0 Å². The summed E-state index contributed by atoms with van der Waals surface area (Å²) in [7, 11) is 0. The number of nitrogens with zero attached hydrogens (tertiary/aromatic N) is 3. The summed E-state index contributed by atoms with van der Waals surface area (Å²) in [5.74, 6) is 0.569. The van der Waals surface area contributed by atoms with Gasteiger partial charge in [-0.2, -0.15) is 0 Å². The van der Waals surface area contributed by atoms with Crippen LogP contribution in [-0.2, 0) is 6.54 Å². The predicted octanol–water partition coefficient (Wildman–Crippen LogP) is 3.60. The number of aromatic nitrogens is 3. The third-order valence-corrected chi connectivity index (χ3v) is 4.05. The van der Waals surface area contributed by atoms with Crippen molar-refractivity contribution in [3.05, 3.63) is 30.5 Å². The Balaban J connectivity index is 2.30. The molecule has 0 spiro atoms. The number of para-hydroxylation sites is 1. The van der Waals surface area contributed by atoms with Gasteiger partial charge in [0.25, 0.3) is 0 Å². The van der Waals surface area contributed by atoms with E-state index in [4.69, 9.17) is 5.73 Å². The highest BCUT2D eigenvalue weighted by molar-refractivity contribution is 6.02. The molecule has 104 valence electrons. The van der Waals surface area contributed by atoms with Gasteiger partial charge in [-0.25, -0.2) is 4.98 Å².